The molecule has 0 radical (unpaired) electrons. The second-order valence-electron chi connectivity index (χ2n) is 8.49. The van der Waals surface area contributed by atoms with E-state index >= 15 is 0 Å². The van der Waals surface area contributed by atoms with Crippen LogP contribution in [0, 0.1) is 18.3 Å². The number of nitrogens with zero attached hydrogens (tertiary/aromatic N) is 2. The van der Waals surface area contributed by atoms with Crippen molar-refractivity contribution in [1.82, 2.24) is 4.98 Å². The fourth-order valence-corrected chi connectivity index (χ4v) is 4.84. The monoisotopic (exact) mass is 385 g/mol. The molecule has 3 aromatic rings. The van der Waals surface area contributed by atoms with E-state index in [1.165, 1.54) is 0 Å². The van der Waals surface area contributed by atoms with Crippen molar-refractivity contribution in [1.29, 1.82) is 5.26 Å². The number of hydrogen-bond donors (Lipinski definition) is 1. The molecule has 0 amide bonds. The van der Waals surface area contributed by atoms with Crippen LogP contribution in [0.1, 0.15) is 52.2 Å². The van der Waals surface area contributed by atoms with Crippen molar-refractivity contribution in [2.45, 2.75) is 26.2 Å². The Morgan fingerprint density at radius 2 is 1.93 bits per heavy atom. The molecular formula is C24H23N3O2. The Morgan fingerprint density at radius 3 is 2.66 bits per heavy atom. The summed E-state index contributed by atoms with van der Waals surface area (Å²) in [6, 6.07) is 12.1. The van der Waals surface area contributed by atoms with Gasteiger partial charge < -0.3 is 14.6 Å². The number of rotatable bonds is 1. The number of anilines is 1. The van der Waals surface area contributed by atoms with Crippen LogP contribution >= 0.6 is 0 Å². The molecule has 1 saturated heterocycles. The van der Waals surface area contributed by atoms with Gasteiger partial charge in [-0.2, -0.15) is 5.26 Å². The van der Waals surface area contributed by atoms with Gasteiger partial charge in [0, 0.05) is 46.4 Å². The van der Waals surface area contributed by atoms with Crippen LogP contribution in [-0.4, -0.2) is 37.1 Å². The molecule has 1 aromatic heterocycles. The molecule has 0 saturated carbocycles. The van der Waals surface area contributed by atoms with Crippen LogP contribution in [0.4, 0.5) is 5.69 Å². The Labute approximate surface area is 169 Å². The number of aromatic amines is 1. The van der Waals surface area contributed by atoms with Gasteiger partial charge in [0.2, 0.25) is 0 Å². The minimum absolute atomic E-state index is 0.0573. The third kappa shape index (κ3) is 2.53. The SMILES string of the molecule is Cc1cc(C#N)cc2[nH]c3c(c12)C(=O)c1ccc(N2CCOCC2)cc1C3(C)C. The summed E-state index contributed by atoms with van der Waals surface area (Å²) in [5.74, 6) is 0.0573. The fourth-order valence-electron chi connectivity index (χ4n) is 4.84. The summed E-state index contributed by atoms with van der Waals surface area (Å²) < 4.78 is 5.48. The molecule has 2 aliphatic rings. The van der Waals surface area contributed by atoms with E-state index in [2.05, 4.69) is 41.9 Å². The largest absolute Gasteiger partial charge is 0.378 e. The lowest BCUT2D eigenvalue weighted by Gasteiger charge is -2.35. The van der Waals surface area contributed by atoms with E-state index in [0.29, 0.717) is 5.56 Å². The highest BCUT2D eigenvalue weighted by atomic mass is 16.5. The van der Waals surface area contributed by atoms with Crippen LogP contribution in [0.15, 0.2) is 30.3 Å². The summed E-state index contributed by atoms with van der Waals surface area (Å²) in [4.78, 5) is 19.3. The number of ketones is 1. The lowest BCUT2D eigenvalue weighted by Crippen LogP contribution is -2.37. The van der Waals surface area contributed by atoms with Gasteiger partial charge in [-0.25, -0.2) is 0 Å². The Bertz CT molecular complexity index is 1210. The Morgan fingerprint density at radius 1 is 1.17 bits per heavy atom. The van der Waals surface area contributed by atoms with Crippen molar-refractivity contribution in [2.24, 2.45) is 0 Å². The minimum Gasteiger partial charge on any atom is -0.378 e. The van der Waals surface area contributed by atoms with Crippen molar-refractivity contribution in [2.75, 3.05) is 31.2 Å². The van der Waals surface area contributed by atoms with Gasteiger partial charge in [-0.3, -0.25) is 4.79 Å². The van der Waals surface area contributed by atoms with Crippen LogP contribution in [-0.2, 0) is 10.2 Å². The lowest BCUT2D eigenvalue weighted by molar-refractivity contribution is 0.103. The average molecular weight is 385 g/mol. The predicted molar refractivity (Wildman–Crippen MR) is 113 cm³/mol. The molecular weight excluding hydrogens is 362 g/mol. The Balaban J connectivity index is 1.72. The Kier molecular flexibility index (Phi) is 3.84. The van der Waals surface area contributed by atoms with Crippen molar-refractivity contribution in [3.8, 4) is 6.07 Å². The van der Waals surface area contributed by atoms with E-state index in [0.717, 1.165) is 70.8 Å². The number of carbonyl (C=O) groups excluding carboxylic acids is 1. The first kappa shape index (κ1) is 18.0. The number of ether oxygens (including phenoxy) is 1. The summed E-state index contributed by atoms with van der Waals surface area (Å²) in [5.41, 5.74) is 6.69. The number of aromatic nitrogens is 1. The van der Waals surface area contributed by atoms with E-state index in [-0.39, 0.29) is 11.2 Å². The van der Waals surface area contributed by atoms with Gasteiger partial charge in [0.1, 0.15) is 0 Å². The molecule has 1 N–H and O–H groups in total. The van der Waals surface area contributed by atoms with Gasteiger partial charge in [0.15, 0.2) is 5.78 Å². The lowest BCUT2D eigenvalue weighted by atomic mass is 9.71. The van der Waals surface area contributed by atoms with Gasteiger partial charge >= 0.3 is 0 Å². The van der Waals surface area contributed by atoms with Crippen LogP contribution in [0.25, 0.3) is 10.9 Å². The molecule has 5 rings (SSSR count). The molecule has 0 unspecified atom stereocenters. The van der Waals surface area contributed by atoms with Crippen LogP contribution in [0.2, 0.25) is 0 Å². The van der Waals surface area contributed by atoms with E-state index in [1.807, 2.05) is 25.1 Å². The van der Waals surface area contributed by atoms with Gasteiger partial charge in [0.05, 0.1) is 30.4 Å². The number of benzene rings is 2. The smallest absolute Gasteiger partial charge is 0.195 e. The number of fused-ring (bicyclic) bond motifs is 4. The molecule has 5 nitrogen and oxygen atoms in total. The predicted octanol–water partition coefficient (Wildman–Crippen LogP) is 4.05. The number of morpholine rings is 1. The van der Waals surface area contributed by atoms with E-state index in [1.54, 1.807) is 0 Å². The first-order valence-corrected chi connectivity index (χ1v) is 10.0. The summed E-state index contributed by atoms with van der Waals surface area (Å²) in [6.45, 7) is 9.47. The molecule has 0 atom stereocenters. The third-order valence-electron chi connectivity index (χ3n) is 6.37. The number of aryl methyl sites for hydroxylation is 1. The molecule has 0 bridgehead atoms. The van der Waals surface area contributed by atoms with Crippen molar-refractivity contribution < 1.29 is 9.53 Å². The van der Waals surface area contributed by atoms with Gasteiger partial charge in [-0.05, 0) is 48.4 Å². The number of hydrogen-bond acceptors (Lipinski definition) is 4. The normalized spacial score (nSPS) is 17.7. The second kappa shape index (κ2) is 6.20. The van der Waals surface area contributed by atoms with Crippen molar-refractivity contribution >= 4 is 22.4 Å². The minimum atomic E-state index is -0.348. The van der Waals surface area contributed by atoms with Crippen LogP contribution < -0.4 is 4.90 Å². The second-order valence-corrected chi connectivity index (χ2v) is 8.49. The maximum atomic E-state index is 13.5. The fraction of sp³-hybridized carbons (Fsp3) is 0.333. The van der Waals surface area contributed by atoms with E-state index in [4.69, 9.17) is 4.74 Å². The maximum absolute atomic E-state index is 13.5. The van der Waals surface area contributed by atoms with Crippen molar-refractivity contribution in [3.63, 3.8) is 0 Å². The zero-order valence-corrected chi connectivity index (χ0v) is 16.9. The zero-order valence-electron chi connectivity index (χ0n) is 16.9. The van der Waals surface area contributed by atoms with Crippen molar-refractivity contribution in [3.05, 3.63) is 63.8 Å². The first-order chi connectivity index (χ1) is 13.9. The highest BCUT2D eigenvalue weighted by Crippen LogP contribution is 2.45. The van der Waals surface area contributed by atoms with E-state index < -0.39 is 0 Å². The standard InChI is InChI=1S/C24H23N3O2/c1-14-10-15(13-25)11-19-20(14)21-22(28)17-5-4-16(27-6-8-29-9-7-27)12-18(17)24(2,3)23(21)26-19/h4-5,10-12,26H,6-9H2,1-3H3. The molecule has 5 heteroatoms. The number of H-pyrrole nitrogens is 1. The molecule has 0 spiro atoms. The highest BCUT2D eigenvalue weighted by molar-refractivity contribution is 6.20. The molecule has 29 heavy (non-hydrogen) atoms. The molecule has 2 aromatic carbocycles. The van der Waals surface area contributed by atoms with Crippen LogP contribution in [0.3, 0.4) is 0 Å². The molecule has 1 aliphatic heterocycles. The summed E-state index contributed by atoms with van der Waals surface area (Å²) in [6.07, 6.45) is 0. The number of nitrogens with one attached hydrogen (secondary N) is 1. The highest BCUT2D eigenvalue weighted by Gasteiger charge is 2.40. The summed E-state index contributed by atoms with van der Waals surface area (Å²) in [7, 11) is 0. The topological polar surface area (TPSA) is 69.1 Å². The quantitative estimate of drug-likeness (QED) is 0.686. The zero-order chi connectivity index (χ0) is 20.3. The number of nitriles is 1. The third-order valence-corrected chi connectivity index (χ3v) is 6.37. The molecule has 146 valence electrons. The van der Waals surface area contributed by atoms with Crippen LogP contribution in [0.5, 0.6) is 0 Å². The molecule has 2 heterocycles. The van der Waals surface area contributed by atoms with E-state index in [9.17, 15) is 10.1 Å². The Hall–Kier alpha value is -3.10. The molecule has 1 fully saturated rings. The summed E-state index contributed by atoms with van der Waals surface area (Å²) >= 11 is 0. The first-order valence-electron chi connectivity index (χ1n) is 10.0. The maximum Gasteiger partial charge on any atom is 0.195 e. The number of carbonyl (C=O) groups is 1. The van der Waals surface area contributed by atoms with Gasteiger partial charge in [-0.1, -0.05) is 13.8 Å². The van der Waals surface area contributed by atoms with Gasteiger partial charge in [-0.15, -0.1) is 0 Å². The molecule has 1 aliphatic carbocycles. The average Bonchev–Trinajstić information content (AvgIpc) is 3.14. The summed E-state index contributed by atoms with van der Waals surface area (Å²) in [5, 5.41) is 10.3. The van der Waals surface area contributed by atoms with Gasteiger partial charge in [0.25, 0.3) is 0 Å².